The lowest BCUT2D eigenvalue weighted by molar-refractivity contribution is 0.0169. The van der Waals surface area contributed by atoms with E-state index in [0.717, 1.165) is 12.0 Å². The lowest BCUT2D eigenvalue weighted by Crippen LogP contribution is -2.26. The quantitative estimate of drug-likeness (QED) is 0.429. The van der Waals surface area contributed by atoms with Crippen LogP contribution in [0.3, 0.4) is 0 Å². The van der Waals surface area contributed by atoms with Crippen LogP contribution in [0.1, 0.15) is 28.4 Å². The van der Waals surface area contributed by atoms with Gasteiger partial charge >= 0.3 is 0 Å². The first-order valence-electron chi connectivity index (χ1n) is 8.99. The van der Waals surface area contributed by atoms with Crippen LogP contribution in [0.25, 0.3) is 11.0 Å². The van der Waals surface area contributed by atoms with Crippen molar-refractivity contribution in [1.82, 2.24) is 15.0 Å². The summed E-state index contributed by atoms with van der Waals surface area (Å²) >= 11 is 0. The number of nitrogens with zero attached hydrogens (tertiary/aromatic N) is 2. The molecule has 0 fully saturated rings. The molecule has 2 aromatic carbocycles. The third-order valence-corrected chi connectivity index (χ3v) is 4.52. The van der Waals surface area contributed by atoms with Crippen LogP contribution in [-0.2, 0) is 18.3 Å². The van der Waals surface area contributed by atoms with E-state index in [1.165, 1.54) is 11.9 Å². The van der Waals surface area contributed by atoms with E-state index in [-0.39, 0.29) is 30.0 Å². The zero-order valence-electron chi connectivity index (χ0n) is 16.0. The summed E-state index contributed by atoms with van der Waals surface area (Å²) in [4.78, 5) is 21.6. The van der Waals surface area contributed by atoms with Crippen LogP contribution in [0.4, 0.5) is 15.8 Å². The molecule has 1 aromatic heterocycles. The average Bonchev–Trinajstić information content (AvgIpc) is 3.06. The molecular weight excluding hydrogens is 363 g/mol. The lowest BCUT2D eigenvalue weighted by Gasteiger charge is -2.16. The Kier molecular flexibility index (Phi) is 5.91. The Hall–Kier alpha value is -2.97. The molecule has 8 heteroatoms. The number of amides is 1. The van der Waals surface area contributed by atoms with Crippen molar-refractivity contribution in [3.63, 3.8) is 0 Å². The molecule has 0 aliphatic heterocycles. The first-order valence-corrected chi connectivity index (χ1v) is 8.99. The standard InChI is InChI=1S/C20H23FN4O3/c1-4-13-5-6-15(12(2)9-13)23-18-14(20(27)24-28-8-7-26)10-16-19(17(18)21)22-11-25(16)3/h5-6,9-11,23,26H,4,7-8H2,1-3H3,(H,24,27). The molecule has 1 amide bonds. The zero-order valence-corrected chi connectivity index (χ0v) is 16.0. The second-order valence-corrected chi connectivity index (χ2v) is 6.47. The van der Waals surface area contributed by atoms with Crippen LogP contribution in [0.5, 0.6) is 0 Å². The van der Waals surface area contributed by atoms with Crippen LogP contribution in [0.2, 0.25) is 0 Å². The van der Waals surface area contributed by atoms with Gasteiger partial charge in [0, 0.05) is 12.7 Å². The molecule has 3 N–H and O–H groups in total. The van der Waals surface area contributed by atoms with Crippen LogP contribution >= 0.6 is 0 Å². The Balaban J connectivity index is 2.07. The highest BCUT2D eigenvalue weighted by molar-refractivity contribution is 6.04. The van der Waals surface area contributed by atoms with Crippen molar-refractivity contribution in [2.45, 2.75) is 20.3 Å². The number of anilines is 2. The van der Waals surface area contributed by atoms with Crippen molar-refractivity contribution in [1.29, 1.82) is 0 Å². The summed E-state index contributed by atoms with van der Waals surface area (Å²) in [6, 6.07) is 7.39. The minimum absolute atomic E-state index is 0.0173. The number of hydrogen-bond donors (Lipinski definition) is 3. The van der Waals surface area contributed by atoms with E-state index < -0.39 is 11.7 Å². The summed E-state index contributed by atoms with van der Waals surface area (Å²) in [6.07, 6.45) is 2.38. The highest BCUT2D eigenvalue weighted by Gasteiger charge is 2.22. The van der Waals surface area contributed by atoms with E-state index in [2.05, 4.69) is 22.7 Å². The molecule has 0 saturated heterocycles. The molecule has 0 aliphatic rings. The molecule has 1 heterocycles. The third-order valence-electron chi connectivity index (χ3n) is 4.52. The van der Waals surface area contributed by atoms with E-state index in [4.69, 9.17) is 9.94 Å². The predicted molar refractivity (Wildman–Crippen MR) is 105 cm³/mol. The summed E-state index contributed by atoms with van der Waals surface area (Å²) in [7, 11) is 1.72. The minimum atomic E-state index is -0.624. The van der Waals surface area contributed by atoms with Crippen LogP contribution in [0.15, 0.2) is 30.6 Å². The summed E-state index contributed by atoms with van der Waals surface area (Å²) in [5.41, 5.74) is 5.76. The van der Waals surface area contributed by atoms with Crippen molar-refractivity contribution in [3.05, 3.63) is 53.1 Å². The van der Waals surface area contributed by atoms with E-state index in [9.17, 15) is 4.79 Å². The van der Waals surface area contributed by atoms with E-state index >= 15 is 4.39 Å². The topological polar surface area (TPSA) is 88.4 Å². The number of rotatable bonds is 7. The van der Waals surface area contributed by atoms with E-state index in [1.54, 1.807) is 17.7 Å². The van der Waals surface area contributed by atoms with Crippen LogP contribution < -0.4 is 10.8 Å². The highest BCUT2D eigenvalue weighted by Crippen LogP contribution is 2.32. The Morgan fingerprint density at radius 3 is 2.82 bits per heavy atom. The fourth-order valence-corrected chi connectivity index (χ4v) is 2.96. The molecule has 0 bridgehead atoms. The SMILES string of the molecule is CCc1ccc(Nc2c(C(=O)NOCCO)cc3c(ncn3C)c2F)c(C)c1. The Morgan fingerprint density at radius 1 is 1.36 bits per heavy atom. The van der Waals surface area contributed by atoms with Gasteiger partial charge in [-0.1, -0.05) is 19.1 Å². The number of benzene rings is 2. The molecule has 7 nitrogen and oxygen atoms in total. The van der Waals surface area contributed by atoms with Crippen LogP contribution in [-0.4, -0.2) is 33.8 Å². The molecule has 0 atom stereocenters. The van der Waals surface area contributed by atoms with Gasteiger partial charge in [0.2, 0.25) is 0 Å². The highest BCUT2D eigenvalue weighted by atomic mass is 19.1. The number of imidazole rings is 1. The smallest absolute Gasteiger partial charge is 0.277 e. The maximum absolute atomic E-state index is 15.3. The van der Waals surface area contributed by atoms with Gasteiger partial charge in [-0.2, -0.15) is 0 Å². The molecule has 0 spiro atoms. The van der Waals surface area contributed by atoms with Gasteiger partial charge in [0.25, 0.3) is 5.91 Å². The molecule has 148 valence electrons. The van der Waals surface area contributed by atoms with Gasteiger partial charge in [0.05, 0.1) is 36.3 Å². The van der Waals surface area contributed by atoms with Crippen molar-refractivity contribution < 1.29 is 19.1 Å². The number of nitrogens with one attached hydrogen (secondary N) is 2. The van der Waals surface area contributed by atoms with Gasteiger partial charge < -0.3 is 15.0 Å². The Bertz CT molecular complexity index is 1020. The van der Waals surface area contributed by atoms with Gasteiger partial charge in [0.1, 0.15) is 5.52 Å². The monoisotopic (exact) mass is 386 g/mol. The van der Waals surface area contributed by atoms with E-state index in [1.807, 2.05) is 25.1 Å². The Labute approximate surface area is 162 Å². The molecule has 0 saturated carbocycles. The second-order valence-electron chi connectivity index (χ2n) is 6.47. The number of aryl methyl sites for hydroxylation is 3. The number of carbonyl (C=O) groups is 1. The number of halogens is 1. The van der Waals surface area contributed by atoms with E-state index in [0.29, 0.717) is 11.2 Å². The zero-order chi connectivity index (χ0) is 20.3. The van der Waals surface area contributed by atoms with Crippen molar-refractivity contribution in [2.24, 2.45) is 7.05 Å². The van der Waals surface area contributed by atoms with Gasteiger partial charge in [-0.15, -0.1) is 0 Å². The fraction of sp³-hybridized carbons (Fsp3) is 0.300. The third kappa shape index (κ3) is 3.83. The number of carbonyl (C=O) groups excluding carboxylic acids is 1. The fourth-order valence-electron chi connectivity index (χ4n) is 2.96. The van der Waals surface area contributed by atoms with Crippen molar-refractivity contribution in [2.75, 3.05) is 18.5 Å². The normalized spacial score (nSPS) is 11.0. The number of hydrogen-bond acceptors (Lipinski definition) is 5. The van der Waals surface area contributed by atoms with Gasteiger partial charge in [-0.05, 0) is 36.6 Å². The lowest BCUT2D eigenvalue weighted by atomic mass is 10.1. The minimum Gasteiger partial charge on any atom is -0.394 e. The second kappa shape index (κ2) is 8.37. The molecule has 0 radical (unpaired) electrons. The number of aliphatic hydroxyl groups excluding tert-OH is 1. The molecule has 0 unspecified atom stereocenters. The largest absolute Gasteiger partial charge is 0.394 e. The number of hydroxylamine groups is 1. The molecule has 28 heavy (non-hydrogen) atoms. The van der Waals surface area contributed by atoms with Crippen molar-refractivity contribution >= 4 is 28.3 Å². The summed E-state index contributed by atoms with van der Waals surface area (Å²) in [6.45, 7) is 3.67. The van der Waals surface area contributed by atoms with Gasteiger partial charge in [-0.3, -0.25) is 9.63 Å². The summed E-state index contributed by atoms with van der Waals surface area (Å²) in [5.74, 6) is -1.25. The predicted octanol–water partition coefficient (Wildman–Crippen LogP) is 2.98. The first-order chi connectivity index (χ1) is 13.5. The first kappa shape index (κ1) is 19.8. The van der Waals surface area contributed by atoms with Crippen molar-refractivity contribution in [3.8, 4) is 0 Å². The summed E-state index contributed by atoms with van der Waals surface area (Å²) in [5, 5.41) is 11.8. The molecule has 3 aromatic rings. The average molecular weight is 386 g/mol. The maximum atomic E-state index is 15.3. The number of aliphatic hydroxyl groups is 1. The number of aromatic nitrogens is 2. The molecule has 3 rings (SSSR count). The number of fused-ring (bicyclic) bond motifs is 1. The van der Waals surface area contributed by atoms with Gasteiger partial charge in [-0.25, -0.2) is 14.9 Å². The molecular formula is C20H23FN4O3. The summed E-state index contributed by atoms with van der Waals surface area (Å²) < 4.78 is 16.9. The maximum Gasteiger partial charge on any atom is 0.277 e. The van der Waals surface area contributed by atoms with Gasteiger partial charge in [0.15, 0.2) is 5.82 Å². The van der Waals surface area contributed by atoms with Crippen LogP contribution in [0, 0.1) is 12.7 Å². The Morgan fingerprint density at radius 2 is 2.14 bits per heavy atom. The molecule has 0 aliphatic carbocycles.